The van der Waals surface area contributed by atoms with Crippen LogP contribution < -0.4 is 5.32 Å². The summed E-state index contributed by atoms with van der Waals surface area (Å²) in [6.45, 7) is 7.86. The van der Waals surface area contributed by atoms with E-state index in [0.29, 0.717) is 6.54 Å². The summed E-state index contributed by atoms with van der Waals surface area (Å²) in [5.41, 5.74) is 0.556. The summed E-state index contributed by atoms with van der Waals surface area (Å²) in [6, 6.07) is 0.271. The second-order valence-electron chi connectivity index (χ2n) is 5.55. The smallest absolute Gasteiger partial charge is 0.105 e. The third-order valence-corrected chi connectivity index (χ3v) is 3.95. The highest BCUT2D eigenvalue weighted by Gasteiger charge is 2.32. The Kier molecular flexibility index (Phi) is 4.07. The molecule has 1 aliphatic carbocycles. The molecule has 0 aliphatic heterocycles. The summed E-state index contributed by atoms with van der Waals surface area (Å²) < 4.78 is 2.11. The van der Waals surface area contributed by atoms with E-state index in [1.165, 1.54) is 0 Å². The summed E-state index contributed by atoms with van der Waals surface area (Å²) in [5.74, 6) is 0.995. The van der Waals surface area contributed by atoms with Crippen LogP contribution in [0.3, 0.4) is 0 Å². The zero-order valence-electron chi connectivity index (χ0n) is 11.7. The van der Waals surface area contributed by atoms with Gasteiger partial charge in [0.25, 0.3) is 0 Å². The Morgan fingerprint density at radius 1 is 1.50 bits per heavy atom. The summed E-state index contributed by atoms with van der Waals surface area (Å²) in [5, 5.41) is 13.8. The number of hydrogen-bond donors (Lipinski definition) is 2. The van der Waals surface area contributed by atoms with Crippen LogP contribution in [-0.2, 0) is 6.54 Å². The Morgan fingerprint density at radius 2 is 2.17 bits per heavy atom. The van der Waals surface area contributed by atoms with E-state index in [4.69, 9.17) is 0 Å². The van der Waals surface area contributed by atoms with Crippen LogP contribution in [0.15, 0.2) is 6.20 Å². The predicted octanol–water partition coefficient (Wildman–Crippen LogP) is 2.17. The highest BCUT2D eigenvalue weighted by molar-refractivity contribution is 5.08. The molecule has 0 bridgehead atoms. The lowest BCUT2D eigenvalue weighted by atomic mass is 10.0. The fourth-order valence-electron chi connectivity index (χ4n) is 2.82. The first-order valence-corrected chi connectivity index (χ1v) is 7.03. The molecule has 1 aromatic heterocycles. The minimum Gasteiger partial charge on any atom is -0.388 e. The van der Waals surface area contributed by atoms with Gasteiger partial charge >= 0.3 is 0 Å². The van der Waals surface area contributed by atoms with E-state index in [1.807, 2.05) is 6.92 Å². The topological polar surface area (TPSA) is 50.1 Å². The molecule has 0 aromatic carbocycles. The number of hydrogen-bond acceptors (Lipinski definition) is 3. The summed E-state index contributed by atoms with van der Waals surface area (Å²) in [7, 11) is 0. The molecule has 1 saturated carbocycles. The van der Waals surface area contributed by atoms with Crippen molar-refractivity contribution in [3.63, 3.8) is 0 Å². The standard InChI is InChI=1S/C14H25N3O/c1-4-15-11(2)13-9-17(12(3)16-13)10-14(18)7-5-6-8-14/h9,11,15,18H,4-8,10H2,1-3H3. The highest BCUT2D eigenvalue weighted by atomic mass is 16.3. The molecule has 4 heteroatoms. The second kappa shape index (κ2) is 5.41. The molecule has 0 radical (unpaired) electrons. The molecule has 2 rings (SSSR count). The molecule has 18 heavy (non-hydrogen) atoms. The van der Waals surface area contributed by atoms with E-state index in [9.17, 15) is 5.11 Å². The van der Waals surface area contributed by atoms with Gasteiger partial charge in [-0.05, 0) is 33.2 Å². The average Bonchev–Trinajstić information content (AvgIpc) is 2.88. The Labute approximate surface area is 109 Å². The van der Waals surface area contributed by atoms with E-state index in [2.05, 4.69) is 34.9 Å². The first-order valence-electron chi connectivity index (χ1n) is 7.03. The lowest BCUT2D eigenvalue weighted by molar-refractivity contribution is 0.0293. The quantitative estimate of drug-likeness (QED) is 0.843. The SMILES string of the molecule is CCNC(C)c1cn(CC2(O)CCCC2)c(C)n1. The van der Waals surface area contributed by atoms with Crippen LogP contribution in [0.1, 0.15) is 57.1 Å². The molecule has 1 atom stereocenters. The van der Waals surface area contributed by atoms with Crippen molar-refractivity contribution < 1.29 is 5.11 Å². The van der Waals surface area contributed by atoms with Crippen LogP contribution >= 0.6 is 0 Å². The summed E-state index contributed by atoms with van der Waals surface area (Å²) in [4.78, 5) is 4.59. The molecule has 4 nitrogen and oxygen atoms in total. The van der Waals surface area contributed by atoms with Crippen molar-refractivity contribution in [3.8, 4) is 0 Å². The number of aryl methyl sites for hydroxylation is 1. The Hall–Kier alpha value is -0.870. The van der Waals surface area contributed by atoms with Gasteiger partial charge in [0.15, 0.2) is 0 Å². The lowest BCUT2D eigenvalue weighted by Gasteiger charge is -2.23. The first kappa shape index (κ1) is 13.6. The minimum absolute atomic E-state index is 0.271. The van der Waals surface area contributed by atoms with E-state index >= 15 is 0 Å². The molecule has 1 aliphatic rings. The zero-order chi connectivity index (χ0) is 13.2. The number of nitrogens with zero attached hydrogens (tertiary/aromatic N) is 2. The van der Waals surface area contributed by atoms with Gasteiger partial charge < -0.3 is 15.0 Å². The van der Waals surface area contributed by atoms with E-state index in [0.717, 1.165) is 43.7 Å². The molecule has 0 spiro atoms. The van der Waals surface area contributed by atoms with Crippen molar-refractivity contribution >= 4 is 0 Å². The molecule has 1 fully saturated rings. The van der Waals surface area contributed by atoms with Gasteiger partial charge in [0, 0.05) is 12.2 Å². The van der Waals surface area contributed by atoms with Gasteiger partial charge in [-0.25, -0.2) is 4.98 Å². The van der Waals surface area contributed by atoms with E-state index in [1.54, 1.807) is 0 Å². The maximum absolute atomic E-state index is 10.5. The number of nitrogens with one attached hydrogen (secondary N) is 1. The molecule has 1 heterocycles. The van der Waals surface area contributed by atoms with Crippen molar-refractivity contribution in [3.05, 3.63) is 17.7 Å². The van der Waals surface area contributed by atoms with Gasteiger partial charge in [-0.3, -0.25) is 0 Å². The molecular formula is C14H25N3O. The number of aromatic nitrogens is 2. The van der Waals surface area contributed by atoms with Gasteiger partial charge in [0.1, 0.15) is 5.82 Å². The van der Waals surface area contributed by atoms with Crippen LogP contribution in [0.5, 0.6) is 0 Å². The molecule has 1 aromatic rings. The minimum atomic E-state index is -0.510. The third-order valence-electron chi connectivity index (χ3n) is 3.95. The number of rotatable bonds is 5. The Balaban J connectivity index is 2.09. The van der Waals surface area contributed by atoms with E-state index < -0.39 is 5.60 Å². The largest absolute Gasteiger partial charge is 0.388 e. The van der Waals surface area contributed by atoms with Gasteiger partial charge in [-0.15, -0.1) is 0 Å². The normalized spacial score (nSPS) is 20.2. The van der Waals surface area contributed by atoms with Gasteiger partial charge in [0.2, 0.25) is 0 Å². The van der Waals surface area contributed by atoms with Gasteiger partial charge in [0.05, 0.1) is 17.8 Å². The molecule has 1 unspecified atom stereocenters. The maximum Gasteiger partial charge on any atom is 0.105 e. The van der Waals surface area contributed by atoms with Gasteiger partial charge in [-0.1, -0.05) is 19.8 Å². The third kappa shape index (κ3) is 2.93. The molecule has 102 valence electrons. The van der Waals surface area contributed by atoms with Crippen LogP contribution in [0, 0.1) is 6.92 Å². The Bertz CT molecular complexity index is 394. The molecule has 2 N–H and O–H groups in total. The fourth-order valence-corrected chi connectivity index (χ4v) is 2.82. The monoisotopic (exact) mass is 251 g/mol. The number of aliphatic hydroxyl groups is 1. The van der Waals surface area contributed by atoms with Crippen molar-refractivity contribution in [2.45, 2.75) is 64.6 Å². The molecule has 0 saturated heterocycles. The van der Waals surface area contributed by atoms with Crippen LogP contribution in [0.4, 0.5) is 0 Å². The zero-order valence-corrected chi connectivity index (χ0v) is 11.7. The van der Waals surface area contributed by atoms with Crippen LogP contribution in [0.25, 0.3) is 0 Å². The highest BCUT2D eigenvalue weighted by Crippen LogP contribution is 2.31. The lowest BCUT2D eigenvalue weighted by Crippen LogP contribution is -2.30. The molecular weight excluding hydrogens is 226 g/mol. The Morgan fingerprint density at radius 3 is 2.78 bits per heavy atom. The van der Waals surface area contributed by atoms with Crippen molar-refractivity contribution in [1.82, 2.24) is 14.9 Å². The van der Waals surface area contributed by atoms with Crippen LogP contribution in [-0.4, -0.2) is 26.8 Å². The van der Waals surface area contributed by atoms with Crippen LogP contribution in [0.2, 0.25) is 0 Å². The molecule has 0 amide bonds. The summed E-state index contributed by atoms with van der Waals surface area (Å²) >= 11 is 0. The van der Waals surface area contributed by atoms with E-state index in [-0.39, 0.29) is 6.04 Å². The first-order chi connectivity index (χ1) is 8.54. The average molecular weight is 251 g/mol. The fraction of sp³-hybridized carbons (Fsp3) is 0.786. The number of imidazole rings is 1. The predicted molar refractivity (Wildman–Crippen MR) is 72.5 cm³/mol. The van der Waals surface area contributed by atoms with Crippen molar-refractivity contribution in [2.75, 3.05) is 6.54 Å². The van der Waals surface area contributed by atoms with Crippen molar-refractivity contribution in [2.24, 2.45) is 0 Å². The summed E-state index contributed by atoms with van der Waals surface area (Å²) in [6.07, 6.45) is 6.21. The van der Waals surface area contributed by atoms with Gasteiger partial charge in [-0.2, -0.15) is 0 Å². The maximum atomic E-state index is 10.5. The van der Waals surface area contributed by atoms with Crippen molar-refractivity contribution in [1.29, 1.82) is 0 Å². The second-order valence-corrected chi connectivity index (χ2v) is 5.55.